The molecule has 1 aromatic rings. The average molecular weight is 295 g/mol. The summed E-state index contributed by atoms with van der Waals surface area (Å²) in [5.74, 6) is -0.489. The third-order valence-corrected chi connectivity index (χ3v) is 4.51. The Bertz CT molecular complexity index is 538. The van der Waals surface area contributed by atoms with E-state index in [0.29, 0.717) is 5.02 Å². The van der Waals surface area contributed by atoms with E-state index in [-0.39, 0.29) is 17.0 Å². The molecule has 17 heavy (non-hydrogen) atoms. The van der Waals surface area contributed by atoms with Gasteiger partial charge in [-0.05, 0) is 24.6 Å². The molecular weight excluding hydrogens is 283 g/mol. The standard InChI is InChI=1S/C11H12Cl2O3S/c1-3-10(17(2,15)16)11(14)8-5-4-7(12)6-9(8)13/h4-6,10H,3H2,1-2H3/t10-/m1/s1. The van der Waals surface area contributed by atoms with Crippen LogP contribution >= 0.6 is 23.2 Å². The average Bonchev–Trinajstić information content (AvgIpc) is 2.15. The number of hydrogen-bond donors (Lipinski definition) is 0. The summed E-state index contributed by atoms with van der Waals surface area (Å²) in [5.41, 5.74) is 0.188. The molecule has 3 nitrogen and oxygen atoms in total. The summed E-state index contributed by atoms with van der Waals surface area (Å²) in [6.07, 6.45) is 1.26. The maximum atomic E-state index is 12.0. The number of ketones is 1. The second kappa shape index (κ2) is 5.38. The quantitative estimate of drug-likeness (QED) is 0.802. The molecule has 1 rings (SSSR count). The van der Waals surface area contributed by atoms with E-state index in [1.54, 1.807) is 6.92 Å². The molecule has 94 valence electrons. The summed E-state index contributed by atoms with van der Waals surface area (Å²) < 4.78 is 22.9. The number of carbonyl (C=O) groups is 1. The van der Waals surface area contributed by atoms with Gasteiger partial charge >= 0.3 is 0 Å². The second-order valence-corrected chi connectivity index (χ2v) is 6.79. The van der Waals surface area contributed by atoms with E-state index in [1.807, 2.05) is 0 Å². The van der Waals surface area contributed by atoms with Crippen molar-refractivity contribution in [3.05, 3.63) is 33.8 Å². The molecule has 0 N–H and O–H groups in total. The largest absolute Gasteiger partial charge is 0.293 e. The lowest BCUT2D eigenvalue weighted by atomic mass is 10.1. The topological polar surface area (TPSA) is 51.2 Å². The molecule has 0 heterocycles. The first-order valence-corrected chi connectivity index (χ1v) is 7.66. The van der Waals surface area contributed by atoms with E-state index in [4.69, 9.17) is 23.2 Å². The number of sulfone groups is 1. The monoisotopic (exact) mass is 294 g/mol. The van der Waals surface area contributed by atoms with Crippen LogP contribution in [0.4, 0.5) is 0 Å². The van der Waals surface area contributed by atoms with E-state index in [0.717, 1.165) is 6.26 Å². The molecule has 0 amide bonds. The fourth-order valence-corrected chi connectivity index (χ4v) is 3.17. The number of carbonyl (C=O) groups excluding carboxylic acids is 1. The van der Waals surface area contributed by atoms with Gasteiger partial charge in [0.1, 0.15) is 5.25 Å². The van der Waals surface area contributed by atoms with Crippen molar-refractivity contribution in [1.82, 2.24) is 0 Å². The molecule has 6 heteroatoms. The molecule has 1 aromatic carbocycles. The molecule has 0 aliphatic rings. The van der Waals surface area contributed by atoms with Gasteiger partial charge in [-0.15, -0.1) is 0 Å². The van der Waals surface area contributed by atoms with Crippen LogP contribution in [0.3, 0.4) is 0 Å². The van der Waals surface area contributed by atoms with Crippen LogP contribution in [0.1, 0.15) is 23.7 Å². The third kappa shape index (κ3) is 3.44. The van der Waals surface area contributed by atoms with Crippen molar-refractivity contribution >= 4 is 38.8 Å². The zero-order valence-electron chi connectivity index (χ0n) is 9.41. The van der Waals surface area contributed by atoms with Gasteiger partial charge in [0.15, 0.2) is 15.6 Å². The first-order chi connectivity index (χ1) is 7.77. The smallest absolute Gasteiger partial charge is 0.182 e. The van der Waals surface area contributed by atoms with Crippen LogP contribution in [0, 0.1) is 0 Å². The number of benzene rings is 1. The van der Waals surface area contributed by atoms with Crippen LogP contribution in [0.5, 0.6) is 0 Å². The summed E-state index contributed by atoms with van der Waals surface area (Å²) in [6.45, 7) is 1.65. The predicted molar refractivity (Wildman–Crippen MR) is 69.7 cm³/mol. The fourth-order valence-electron chi connectivity index (χ4n) is 1.55. The first kappa shape index (κ1) is 14.5. The highest BCUT2D eigenvalue weighted by molar-refractivity contribution is 7.92. The van der Waals surface area contributed by atoms with Crippen LogP contribution < -0.4 is 0 Å². The highest BCUT2D eigenvalue weighted by Crippen LogP contribution is 2.24. The van der Waals surface area contributed by atoms with Gasteiger partial charge in [-0.2, -0.15) is 0 Å². The number of hydrogen-bond acceptors (Lipinski definition) is 3. The summed E-state index contributed by atoms with van der Waals surface area (Å²) in [6, 6.07) is 4.38. The van der Waals surface area contributed by atoms with Gasteiger partial charge in [-0.25, -0.2) is 8.42 Å². The SMILES string of the molecule is CC[C@H](C(=O)c1ccc(Cl)cc1Cl)S(C)(=O)=O. The maximum Gasteiger partial charge on any atom is 0.182 e. The van der Waals surface area contributed by atoms with Crippen LogP contribution in [-0.4, -0.2) is 25.7 Å². The zero-order valence-corrected chi connectivity index (χ0v) is 11.7. The zero-order chi connectivity index (χ0) is 13.2. The minimum absolute atomic E-state index is 0.171. The fraction of sp³-hybridized carbons (Fsp3) is 0.364. The van der Waals surface area contributed by atoms with Crippen LogP contribution in [0.2, 0.25) is 10.0 Å². The third-order valence-electron chi connectivity index (χ3n) is 2.38. The van der Waals surface area contributed by atoms with E-state index in [9.17, 15) is 13.2 Å². The van der Waals surface area contributed by atoms with Gasteiger partial charge in [0, 0.05) is 16.8 Å². The van der Waals surface area contributed by atoms with Gasteiger partial charge in [-0.1, -0.05) is 30.1 Å². The van der Waals surface area contributed by atoms with Crippen molar-refractivity contribution in [2.45, 2.75) is 18.6 Å². The summed E-state index contributed by atoms with van der Waals surface area (Å²) >= 11 is 11.6. The molecule has 1 atom stereocenters. The Morgan fingerprint density at radius 2 is 1.94 bits per heavy atom. The molecule has 0 aliphatic heterocycles. The molecule has 0 saturated heterocycles. The summed E-state index contributed by atoms with van der Waals surface area (Å²) in [7, 11) is -3.43. The van der Waals surface area contributed by atoms with Gasteiger partial charge in [0.05, 0.1) is 5.02 Å². The highest BCUT2D eigenvalue weighted by Gasteiger charge is 2.29. The Balaban J connectivity index is 3.20. The Morgan fingerprint density at radius 1 is 1.35 bits per heavy atom. The number of Topliss-reactive ketones (excluding diaryl/α,β-unsaturated/α-hetero) is 1. The normalized spacial score (nSPS) is 13.4. The van der Waals surface area contributed by atoms with Crippen molar-refractivity contribution in [2.24, 2.45) is 0 Å². The number of halogens is 2. The first-order valence-electron chi connectivity index (χ1n) is 4.95. The van der Waals surface area contributed by atoms with Crippen molar-refractivity contribution in [3.63, 3.8) is 0 Å². The Hall–Kier alpha value is -0.580. The molecule has 0 aromatic heterocycles. The lowest BCUT2D eigenvalue weighted by Crippen LogP contribution is -2.29. The lowest BCUT2D eigenvalue weighted by Gasteiger charge is -2.12. The molecule has 0 saturated carbocycles. The van der Waals surface area contributed by atoms with Gasteiger partial charge < -0.3 is 0 Å². The molecule has 0 unspecified atom stereocenters. The van der Waals surface area contributed by atoms with Crippen molar-refractivity contribution in [3.8, 4) is 0 Å². The van der Waals surface area contributed by atoms with Crippen molar-refractivity contribution in [1.29, 1.82) is 0 Å². The van der Waals surface area contributed by atoms with Crippen LogP contribution in [-0.2, 0) is 9.84 Å². The molecule has 0 spiro atoms. The molecule has 0 fully saturated rings. The van der Waals surface area contributed by atoms with E-state index < -0.39 is 20.9 Å². The maximum absolute atomic E-state index is 12.0. The van der Waals surface area contributed by atoms with Gasteiger partial charge in [0.2, 0.25) is 0 Å². The van der Waals surface area contributed by atoms with E-state index in [2.05, 4.69) is 0 Å². The van der Waals surface area contributed by atoms with Gasteiger partial charge in [-0.3, -0.25) is 4.79 Å². The second-order valence-electron chi connectivity index (χ2n) is 3.71. The Labute approximate surface area is 111 Å². The van der Waals surface area contributed by atoms with Crippen LogP contribution in [0.25, 0.3) is 0 Å². The summed E-state index contributed by atoms with van der Waals surface area (Å²) in [4.78, 5) is 12.0. The Morgan fingerprint density at radius 3 is 2.35 bits per heavy atom. The summed E-state index contributed by atoms with van der Waals surface area (Å²) in [5, 5.41) is -0.482. The minimum Gasteiger partial charge on any atom is -0.293 e. The van der Waals surface area contributed by atoms with E-state index >= 15 is 0 Å². The Kier molecular flexibility index (Phi) is 4.58. The minimum atomic E-state index is -3.43. The predicted octanol–water partition coefficient (Wildman–Crippen LogP) is 3.00. The molecule has 0 radical (unpaired) electrons. The van der Waals surface area contributed by atoms with Gasteiger partial charge in [0.25, 0.3) is 0 Å². The molecule has 0 aliphatic carbocycles. The van der Waals surface area contributed by atoms with Crippen molar-refractivity contribution < 1.29 is 13.2 Å². The number of rotatable bonds is 4. The molecular formula is C11H12Cl2O3S. The van der Waals surface area contributed by atoms with Crippen molar-refractivity contribution in [2.75, 3.05) is 6.26 Å². The van der Waals surface area contributed by atoms with Crippen LogP contribution in [0.15, 0.2) is 18.2 Å². The van der Waals surface area contributed by atoms with E-state index in [1.165, 1.54) is 18.2 Å². The molecule has 0 bridgehead atoms. The lowest BCUT2D eigenvalue weighted by molar-refractivity contribution is 0.0985. The highest BCUT2D eigenvalue weighted by atomic mass is 35.5.